The summed E-state index contributed by atoms with van der Waals surface area (Å²) in [4.78, 5) is 2.35. The molecule has 18 heavy (non-hydrogen) atoms. The minimum atomic E-state index is 0.703. The third kappa shape index (κ3) is 2.82. The Hall–Kier alpha value is -1.13. The SMILES string of the molecule is CCN(CC)CCOc1nsc2cccc(C)c12. The molecule has 0 saturated heterocycles. The third-order valence-electron chi connectivity index (χ3n) is 3.22. The zero-order valence-electron chi connectivity index (χ0n) is 11.3. The molecule has 4 heteroatoms. The first-order chi connectivity index (χ1) is 8.76. The summed E-state index contributed by atoms with van der Waals surface area (Å²) in [5.74, 6) is 0.792. The van der Waals surface area contributed by atoms with Crippen LogP contribution in [0.25, 0.3) is 10.1 Å². The van der Waals surface area contributed by atoms with Crippen LogP contribution < -0.4 is 4.74 Å². The average molecular weight is 264 g/mol. The van der Waals surface area contributed by atoms with E-state index in [0.29, 0.717) is 6.61 Å². The van der Waals surface area contributed by atoms with Gasteiger partial charge in [0.25, 0.3) is 0 Å². The molecule has 98 valence electrons. The highest BCUT2D eigenvalue weighted by molar-refractivity contribution is 7.13. The molecule has 2 aromatic rings. The van der Waals surface area contributed by atoms with Crippen molar-refractivity contribution >= 4 is 21.6 Å². The van der Waals surface area contributed by atoms with E-state index in [0.717, 1.165) is 25.5 Å². The molecule has 3 nitrogen and oxygen atoms in total. The van der Waals surface area contributed by atoms with Gasteiger partial charge in [0.15, 0.2) is 0 Å². The highest BCUT2D eigenvalue weighted by Gasteiger charge is 2.09. The highest BCUT2D eigenvalue weighted by Crippen LogP contribution is 2.31. The molecule has 1 heterocycles. The third-order valence-corrected chi connectivity index (χ3v) is 4.01. The lowest BCUT2D eigenvalue weighted by molar-refractivity contribution is 0.220. The zero-order valence-corrected chi connectivity index (χ0v) is 12.1. The molecule has 0 aliphatic heterocycles. The summed E-state index contributed by atoms with van der Waals surface area (Å²) in [5, 5.41) is 1.17. The summed E-state index contributed by atoms with van der Waals surface area (Å²) in [5.41, 5.74) is 1.24. The van der Waals surface area contributed by atoms with Gasteiger partial charge in [-0.25, -0.2) is 0 Å². The molecule has 0 atom stereocenters. The monoisotopic (exact) mass is 264 g/mol. The Bertz CT molecular complexity index is 505. The quantitative estimate of drug-likeness (QED) is 0.800. The summed E-state index contributed by atoms with van der Waals surface area (Å²) in [7, 11) is 0. The van der Waals surface area contributed by atoms with Gasteiger partial charge in [0.1, 0.15) is 6.61 Å². The van der Waals surface area contributed by atoms with Gasteiger partial charge in [-0.05, 0) is 43.2 Å². The summed E-state index contributed by atoms with van der Waals surface area (Å²) < 4.78 is 11.4. The Kier molecular flexibility index (Phi) is 4.55. The topological polar surface area (TPSA) is 25.4 Å². The predicted octanol–water partition coefficient (Wildman–Crippen LogP) is 3.33. The second kappa shape index (κ2) is 6.16. The number of benzene rings is 1. The minimum absolute atomic E-state index is 0.703. The van der Waals surface area contributed by atoms with E-state index in [4.69, 9.17) is 4.74 Å². The maximum atomic E-state index is 5.83. The molecule has 0 N–H and O–H groups in total. The molecule has 0 aliphatic carbocycles. The summed E-state index contributed by atoms with van der Waals surface area (Å²) in [6, 6.07) is 6.26. The second-order valence-corrected chi connectivity index (χ2v) is 5.12. The van der Waals surface area contributed by atoms with Crippen LogP contribution in [0.15, 0.2) is 18.2 Å². The van der Waals surface area contributed by atoms with Crippen LogP contribution in [0, 0.1) is 6.92 Å². The van der Waals surface area contributed by atoms with Gasteiger partial charge in [0.05, 0.1) is 10.1 Å². The second-order valence-electron chi connectivity index (χ2n) is 4.31. The molecular formula is C14H20N2OS. The van der Waals surface area contributed by atoms with Gasteiger partial charge in [-0.15, -0.1) is 0 Å². The van der Waals surface area contributed by atoms with E-state index in [9.17, 15) is 0 Å². The Morgan fingerprint density at radius 3 is 2.78 bits per heavy atom. The Morgan fingerprint density at radius 1 is 1.28 bits per heavy atom. The number of ether oxygens (including phenoxy) is 1. The van der Waals surface area contributed by atoms with Crippen LogP contribution in [-0.2, 0) is 0 Å². The van der Waals surface area contributed by atoms with E-state index in [1.54, 1.807) is 0 Å². The summed E-state index contributed by atoms with van der Waals surface area (Å²) in [6.45, 7) is 10.2. The van der Waals surface area contributed by atoms with E-state index in [2.05, 4.69) is 48.2 Å². The fourth-order valence-electron chi connectivity index (χ4n) is 2.04. The van der Waals surface area contributed by atoms with Crippen molar-refractivity contribution in [1.29, 1.82) is 0 Å². The normalized spacial score (nSPS) is 11.3. The van der Waals surface area contributed by atoms with Gasteiger partial charge < -0.3 is 9.64 Å². The maximum absolute atomic E-state index is 5.83. The number of nitrogens with zero attached hydrogens (tertiary/aromatic N) is 2. The smallest absolute Gasteiger partial charge is 0.233 e. The average Bonchev–Trinajstić information content (AvgIpc) is 2.79. The fraction of sp³-hybridized carbons (Fsp3) is 0.500. The molecule has 0 spiro atoms. The number of hydrogen-bond donors (Lipinski definition) is 0. The lowest BCUT2D eigenvalue weighted by atomic mass is 10.2. The number of likely N-dealkylation sites (N-methyl/N-ethyl adjacent to an activating group) is 1. The largest absolute Gasteiger partial charge is 0.475 e. The van der Waals surface area contributed by atoms with Crippen LogP contribution in [0.3, 0.4) is 0 Å². The van der Waals surface area contributed by atoms with Crippen LogP contribution in [0.4, 0.5) is 0 Å². The molecule has 0 bridgehead atoms. The molecular weight excluding hydrogens is 244 g/mol. The zero-order chi connectivity index (χ0) is 13.0. The van der Waals surface area contributed by atoms with E-state index in [1.807, 2.05) is 0 Å². The first-order valence-corrected chi connectivity index (χ1v) is 7.23. The van der Waals surface area contributed by atoms with Crippen molar-refractivity contribution < 1.29 is 4.74 Å². The van der Waals surface area contributed by atoms with Crippen molar-refractivity contribution in [1.82, 2.24) is 9.27 Å². The lowest BCUT2D eigenvalue weighted by Gasteiger charge is -2.17. The van der Waals surface area contributed by atoms with Gasteiger partial charge in [-0.1, -0.05) is 26.0 Å². The van der Waals surface area contributed by atoms with Crippen LogP contribution in [-0.4, -0.2) is 35.5 Å². The molecule has 0 fully saturated rings. The van der Waals surface area contributed by atoms with Crippen molar-refractivity contribution in [3.8, 4) is 5.88 Å². The van der Waals surface area contributed by atoms with Crippen molar-refractivity contribution in [2.45, 2.75) is 20.8 Å². The van der Waals surface area contributed by atoms with Crippen LogP contribution >= 0.6 is 11.5 Å². The predicted molar refractivity (Wildman–Crippen MR) is 77.6 cm³/mol. The fourth-order valence-corrected chi connectivity index (χ4v) is 2.84. The van der Waals surface area contributed by atoms with E-state index < -0.39 is 0 Å². The number of aromatic nitrogens is 1. The number of hydrogen-bond acceptors (Lipinski definition) is 4. The summed E-state index contributed by atoms with van der Waals surface area (Å²) in [6.07, 6.45) is 0. The standard InChI is InChI=1S/C14H20N2OS/c1-4-16(5-2)9-10-17-14-13-11(3)7-6-8-12(13)18-15-14/h6-8H,4-5,9-10H2,1-3H3. The Labute approximate surface area is 113 Å². The maximum Gasteiger partial charge on any atom is 0.233 e. The number of rotatable bonds is 6. The first kappa shape index (κ1) is 13.3. The first-order valence-electron chi connectivity index (χ1n) is 6.46. The van der Waals surface area contributed by atoms with Crippen molar-refractivity contribution in [2.75, 3.05) is 26.2 Å². The lowest BCUT2D eigenvalue weighted by Crippen LogP contribution is -2.27. The number of fused-ring (bicyclic) bond motifs is 1. The van der Waals surface area contributed by atoms with Crippen LogP contribution in [0.2, 0.25) is 0 Å². The molecule has 2 rings (SSSR count). The van der Waals surface area contributed by atoms with Crippen LogP contribution in [0.1, 0.15) is 19.4 Å². The van der Waals surface area contributed by atoms with Gasteiger partial charge in [0.2, 0.25) is 5.88 Å². The molecule has 0 radical (unpaired) electrons. The van der Waals surface area contributed by atoms with Gasteiger partial charge in [-0.2, -0.15) is 4.37 Å². The van der Waals surface area contributed by atoms with Gasteiger partial charge in [0, 0.05) is 6.54 Å². The molecule has 1 aromatic heterocycles. The van der Waals surface area contributed by atoms with Crippen molar-refractivity contribution in [2.24, 2.45) is 0 Å². The van der Waals surface area contributed by atoms with E-state index in [-0.39, 0.29) is 0 Å². The van der Waals surface area contributed by atoms with Gasteiger partial charge in [-0.3, -0.25) is 0 Å². The Balaban J connectivity index is 2.04. The van der Waals surface area contributed by atoms with Crippen molar-refractivity contribution in [3.05, 3.63) is 23.8 Å². The highest BCUT2D eigenvalue weighted by atomic mass is 32.1. The van der Waals surface area contributed by atoms with E-state index in [1.165, 1.54) is 27.2 Å². The molecule has 0 aliphatic rings. The Morgan fingerprint density at radius 2 is 2.06 bits per heavy atom. The summed E-state index contributed by atoms with van der Waals surface area (Å²) >= 11 is 1.51. The van der Waals surface area contributed by atoms with Crippen LogP contribution in [0.5, 0.6) is 5.88 Å². The molecule has 0 unspecified atom stereocenters. The molecule has 0 amide bonds. The van der Waals surface area contributed by atoms with Gasteiger partial charge >= 0.3 is 0 Å². The molecule has 1 aromatic carbocycles. The van der Waals surface area contributed by atoms with E-state index >= 15 is 0 Å². The molecule has 0 saturated carbocycles. The van der Waals surface area contributed by atoms with Crippen molar-refractivity contribution in [3.63, 3.8) is 0 Å². The number of aryl methyl sites for hydroxylation is 1. The minimum Gasteiger partial charge on any atom is -0.475 e.